The lowest BCUT2D eigenvalue weighted by Gasteiger charge is -2.39. The molecule has 2 saturated heterocycles. The van der Waals surface area contributed by atoms with Crippen LogP contribution in [0.1, 0.15) is 30.0 Å². The Morgan fingerprint density at radius 3 is 2.40 bits per heavy atom. The zero-order valence-corrected chi connectivity index (χ0v) is 29.4. The molecule has 3 aliphatic heterocycles. The molecule has 3 fully saturated rings. The van der Waals surface area contributed by atoms with Gasteiger partial charge in [0.1, 0.15) is 28.5 Å². The van der Waals surface area contributed by atoms with Gasteiger partial charge in [-0.25, -0.2) is 13.6 Å². The molecule has 8 rings (SSSR count). The van der Waals surface area contributed by atoms with E-state index in [2.05, 4.69) is 21.4 Å². The van der Waals surface area contributed by atoms with Crippen molar-refractivity contribution in [2.24, 2.45) is 0 Å². The third-order valence-electron chi connectivity index (χ3n) is 10.5. The van der Waals surface area contributed by atoms with Crippen molar-refractivity contribution in [3.8, 4) is 17.2 Å². The van der Waals surface area contributed by atoms with Gasteiger partial charge in [-0.2, -0.15) is 23.4 Å². The molecule has 2 aromatic carbocycles. The molecule has 17 heteroatoms. The summed E-state index contributed by atoms with van der Waals surface area (Å²) in [4.78, 5) is 38.8. The normalized spacial score (nSPS) is 20.1. The third-order valence-corrected chi connectivity index (χ3v) is 12.8. The molecule has 1 amide bonds. The summed E-state index contributed by atoms with van der Waals surface area (Å²) >= 11 is 1.74. The summed E-state index contributed by atoms with van der Waals surface area (Å²) in [6.07, 6.45) is -1.48. The molecule has 0 radical (unpaired) electrons. The number of thioether (sulfide) groups is 1. The third kappa shape index (κ3) is 5.80. The van der Waals surface area contributed by atoms with Crippen LogP contribution in [0.25, 0.3) is 32.1 Å². The number of piperazine rings is 2. The zero-order chi connectivity index (χ0) is 36.6. The Morgan fingerprint density at radius 2 is 1.77 bits per heavy atom. The minimum absolute atomic E-state index is 0.0127. The van der Waals surface area contributed by atoms with Gasteiger partial charge in [-0.3, -0.25) is 19.2 Å². The molecule has 1 saturated carbocycles. The van der Waals surface area contributed by atoms with E-state index in [1.165, 1.54) is 23.5 Å². The number of benzene rings is 2. The molecular formula is C35H33F5N8O2S2. The molecule has 4 aliphatic rings. The van der Waals surface area contributed by atoms with Crippen molar-refractivity contribution in [3.63, 3.8) is 0 Å². The van der Waals surface area contributed by atoms with Crippen LogP contribution in [0.15, 0.2) is 34.5 Å². The number of carbonyl (C=O) groups is 1. The molecule has 0 bridgehead atoms. The standard InChI is InChI=1S/C35H33F5N8O2S2/c1-2-25(49)46-9-11-47(12-10-46)33-20-13-22(35(38,39)40)27(28-23(36)14-24(37)30-26(28)21(15-41)32(42)52-30)31-29(20)48(34(50)43-33)19(17-51-31)16-44-5-7-45(8-6-44)18-3-4-18/h2,13-14,18-19H,1,3-12,16-17,42H2. The van der Waals surface area contributed by atoms with Crippen molar-refractivity contribution in [2.45, 2.75) is 36.0 Å². The Hall–Kier alpha value is -4.24. The van der Waals surface area contributed by atoms with Crippen LogP contribution in [0.5, 0.6) is 0 Å². The minimum Gasteiger partial charge on any atom is -0.389 e. The minimum atomic E-state index is -5.05. The Kier molecular flexibility index (Phi) is 8.71. The number of thiophene rings is 1. The van der Waals surface area contributed by atoms with Crippen LogP contribution in [0.2, 0.25) is 0 Å². The summed E-state index contributed by atoms with van der Waals surface area (Å²) < 4.78 is 78.5. The summed E-state index contributed by atoms with van der Waals surface area (Å²) in [5, 5.41) is 9.53. The lowest BCUT2D eigenvalue weighted by molar-refractivity contribution is -0.137. The maximum absolute atomic E-state index is 16.2. The van der Waals surface area contributed by atoms with E-state index in [1.54, 1.807) is 9.80 Å². The molecule has 4 aromatic rings. The van der Waals surface area contributed by atoms with E-state index in [1.807, 2.05) is 6.07 Å². The van der Waals surface area contributed by atoms with E-state index >= 15 is 22.0 Å². The Bertz CT molecular complexity index is 2250. The van der Waals surface area contributed by atoms with Gasteiger partial charge in [-0.15, -0.1) is 23.1 Å². The summed E-state index contributed by atoms with van der Waals surface area (Å²) in [7, 11) is 0. The van der Waals surface area contributed by atoms with E-state index in [-0.39, 0.29) is 80.1 Å². The first-order chi connectivity index (χ1) is 24.9. The van der Waals surface area contributed by atoms with Crippen molar-refractivity contribution >= 4 is 60.8 Å². The smallest absolute Gasteiger partial charge is 0.389 e. The van der Waals surface area contributed by atoms with Crippen LogP contribution >= 0.6 is 23.1 Å². The molecule has 2 aromatic heterocycles. The van der Waals surface area contributed by atoms with E-state index in [4.69, 9.17) is 5.73 Å². The number of nitrogens with two attached hydrogens (primary N) is 1. The van der Waals surface area contributed by atoms with Crippen molar-refractivity contribution in [1.82, 2.24) is 24.3 Å². The number of alkyl halides is 3. The quantitative estimate of drug-likeness (QED) is 0.207. The number of anilines is 2. The molecule has 52 heavy (non-hydrogen) atoms. The van der Waals surface area contributed by atoms with Crippen molar-refractivity contribution in [3.05, 3.63) is 58.0 Å². The lowest BCUT2D eigenvalue weighted by atomic mass is 9.92. The number of aromatic nitrogens is 2. The molecule has 1 aliphatic carbocycles. The fourth-order valence-corrected chi connectivity index (χ4v) is 10.1. The van der Waals surface area contributed by atoms with Gasteiger partial charge in [0.2, 0.25) is 5.91 Å². The predicted octanol–water partition coefficient (Wildman–Crippen LogP) is 5.29. The first kappa shape index (κ1) is 34.8. The van der Waals surface area contributed by atoms with Gasteiger partial charge < -0.3 is 15.5 Å². The second-order valence-corrected chi connectivity index (χ2v) is 15.6. The predicted molar refractivity (Wildman–Crippen MR) is 191 cm³/mol. The number of nitrogen functional groups attached to an aromatic ring is 1. The van der Waals surface area contributed by atoms with E-state index in [0.717, 1.165) is 44.0 Å². The first-order valence-corrected chi connectivity index (χ1v) is 18.8. The molecule has 272 valence electrons. The number of hydrogen-bond acceptors (Lipinski definition) is 10. The molecular weight excluding hydrogens is 724 g/mol. The Labute approximate surface area is 302 Å². The summed E-state index contributed by atoms with van der Waals surface area (Å²) in [5.41, 5.74) is 2.82. The molecule has 10 nitrogen and oxygen atoms in total. The SMILES string of the molecule is C=CC(=O)N1CCN(c2nc(=O)n3c4c(c(-c5c(F)cc(F)c6sc(N)c(C#N)c56)c(C(F)(F)F)cc24)SCC3CN2CCN(C3CC3)CC2)CC1. The van der Waals surface area contributed by atoms with Gasteiger partial charge >= 0.3 is 11.9 Å². The highest BCUT2D eigenvalue weighted by Crippen LogP contribution is 2.53. The number of halogens is 5. The Morgan fingerprint density at radius 1 is 1.06 bits per heavy atom. The van der Waals surface area contributed by atoms with Gasteiger partial charge in [-0.05, 0) is 25.0 Å². The summed E-state index contributed by atoms with van der Waals surface area (Å²) in [6, 6.07) is 3.38. The number of hydrogen-bond donors (Lipinski definition) is 1. The average Bonchev–Trinajstić information content (AvgIpc) is 3.92. The highest BCUT2D eigenvalue weighted by atomic mass is 32.2. The van der Waals surface area contributed by atoms with Crippen LogP contribution < -0.4 is 16.3 Å². The first-order valence-electron chi connectivity index (χ1n) is 17.0. The van der Waals surface area contributed by atoms with E-state index in [9.17, 15) is 14.9 Å². The van der Waals surface area contributed by atoms with Gasteiger partial charge in [0.25, 0.3) is 0 Å². The second-order valence-electron chi connectivity index (χ2n) is 13.5. The van der Waals surface area contributed by atoms with Crippen LogP contribution in [0, 0.1) is 23.0 Å². The van der Waals surface area contributed by atoms with Gasteiger partial charge in [0.05, 0.1) is 27.4 Å². The number of amides is 1. The second kappa shape index (κ2) is 13.0. The van der Waals surface area contributed by atoms with E-state index in [0.29, 0.717) is 30.0 Å². The average molecular weight is 757 g/mol. The zero-order valence-electron chi connectivity index (χ0n) is 27.8. The van der Waals surface area contributed by atoms with Crippen LogP contribution in [-0.2, 0) is 11.0 Å². The van der Waals surface area contributed by atoms with Crippen molar-refractivity contribution < 1.29 is 26.7 Å². The van der Waals surface area contributed by atoms with Gasteiger partial charge in [0.15, 0.2) is 0 Å². The van der Waals surface area contributed by atoms with Crippen LogP contribution in [0.4, 0.5) is 32.8 Å². The number of fused-ring (bicyclic) bond motifs is 1. The molecule has 1 atom stereocenters. The number of carbonyl (C=O) groups excluding carboxylic acids is 1. The molecule has 2 N–H and O–H groups in total. The maximum atomic E-state index is 16.2. The summed E-state index contributed by atoms with van der Waals surface area (Å²) in [6.45, 7) is 8.13. The highest BCUT2D eigenvalue weighted by molar-refractivity contribution is 7.99. The fourth-order valence-electron chi connectivity index (χ4n) is 7.83. The van der Waals surface area contributed by atoms with Gasteiger partial charge in [0, 0.05) is 104 Å². The molecule has 1 unspecified atom stereocenters. The maximum Gasteiger partial charge on any atom is 0.417 e. The fraction of sp³-hybridized carbons (Fsp3) is 0.429. The topological polar surface area (TPSA) is 115 Å². The number of nitrogens with zero attached hydrogens (tertiary/aromatic N) is 7. The highest BCUT2D eigenvalue weighted by Gasteiger charge is 2.42. The van der Waals surface area contributed by atoms with Gasteiger partial charge in [-0.1, -0.05) is 6.58 Å². The van der Waals surface area contributed by atoms with Crippen molar-refractivity contribution in [2.75, 3.05) is 75.3 Å². The number of rotatable bonds is 6. The van der Waals surface area contributed by atoms with Crippen molar-refractivity contribution in [1.29, 1.82) is 5.26 Å². The van der Waals surface area contributed by atoms with Crippen LogP contribution in [-0.4, -0.2) is 101 Å². The largest absolute Gasteiger partial charge is 0.417 e. The molecule has 5 heterocycles. The van der Waals surface area contributed by atoms with E-state index < -0.39 is 46.2 Å². The van der Waals surface area contributed by atoms with Crippen LogP contribution in [0.3, 0.4) is 0 Å². The summed E-state index contributed by atoms with van der Waals surface area (Å²) in [5.74, 6) is -2.41. The number of nitriles is 1. The Balaban J connectivity index is 1.36. The molecule has 0 spiro atoms. The lowest BCUT2D eigenvalue weighted by Crippen LogP contribution is -2.50. The monoisotopic (exact) mass is 756 g/mol.